The highest BCUT2D eigenvalue weighted by molar-refractivity contribution is 6.37. The van der Waals surface area contributed by atoms with Crippen molar-refractivity contribution in [3.63, 3.8) is 0 Å². The Labute approximate surface area is 114 Å². The molecular weight excluding hydrogens is 280 g/mol. The second-order valence-electron chi connectivity index (χ2n) is 3.46. The van der Waals surface area contributed by atoms with Crippen molar-refractivity contribution in [2.24, 2.45) is 0 Å². The van der Waals surface area contributed by atoms with Crippen LogP contribution in [0.15, 0.2) is 30.5 Å². The van der Waals surface area contributed by atoms with Gasteiger partial charge in [0.15, 0.2) is 0 Å². The zero-order valence-corrected chi connectivity index (χ0v) is 10.9. The molecule has 0 saturated carbocycles. The largest absolute Gasteiger partial charge is 0.392 e. The van der Waals surface area contributed by atoms with Gasteiger partial charge in [-0.1, -0.05) is 40.9 Å². The zero-order chi connectivity index (χ0) is 12.4. The number of hydrogen-bond donors (Lipinski definition) is 1. The molecule has 0 atom stereocenters. The molecule has 2 rings (SSSR count). The van der Waals surface area contributed by atoms with Gasteiger partial charge < -0.3 is 5.11 Å². The molecule has 2 aromatic rings. The van der Waals surface area contributed by atoms with Crippen LogP contribution in [0.4, 0.5) is 0 Å². The van der Waals surface area contributed by atoms with E-state index in [4.69, 9.17) is 39.9 Å². The second-order valence-corrected chi connectivity index (χ2v) is 4.71. The van der Waals surface area contributed by atoms with Crippen molar-refractivity contribution in [1.82, 2.24) is 4.98 Å². The van der Waals surface area contributed by atoms with Crippen molar-refractivity contribution >= 4 is 34.8 Å². The monoisotopic (exact) mass is 287 g/mol. The van der Waals surface area contributed by atoms with Crippen molar-refractivity contribution < 1.29 is 5.11 Å². The molecule has 17 heavy (non-hydrogen) atoms. The molecule has 88 valence electrons. The summed E-state index contributed by atoms with van der Waals surface area (Å²) in [6.45, 7) is -0.0601. The number of rotatable bonds is 2. The van der Waals surface area contributed by atoms with Crippen LogP contribution in [0.1, 0.15) is 5.56 Å². The van der Waals surface area contributed by atoms with E-state index in [0.717, 1.165) is 5.56 Å². The second kappa shape index (κ2) is 5.23. The molecule has 1 aromatic carbocycles. The fraction of sp³-hybridized carbons (Fsp3) is 0.0833. The van der Waals surface area contributed by atoms with Crippen LogP contribution in [0.3, 0.4) is 0 Å². The first-order valence-electron chi connectivity index (χ1n) is 4.82. The molecule has 1 aromatic heterocycles. The van der Waals surface area contributed by atoms with Gasteiger partial charge in [-0.3, -0.25) is 4.98 Å². The van der Waals surface area contributed by atoms with E-state index in [0.29, 0.717) is 26.3 Å². The molecule has 0 aliphatic carbocycles. The van der Waals surface area contributed by atoms with E-state index in [1.54, 1.807) is 24.3 Å². The van der Waals surface area contributed by atoms with E-state index in [-0.39, 0.29) is 6.61 Å². The summed E-state index contributed by atoms with van der Waals surface area (Å²) in [5.74, 6) is 0. The van der Waals surface area contributed by atoms with Crippen LogP contribution in [0.25, 0.3) is 11.3 Å². The summed E-state index contributed by atoms with van der Waals surface area (Å²) >= 11 is 17.9. The summed E-state index contributed by atoms with van der Waals surface area (Å²) in [5.41, 5.74) is 1.98. The number of pyridine rings is 1. The first-order chi connectivity index (χ1) is 8.11. The summed E-state index contributed by atoms with van der Waals surface area (Å²) in [4.78, 5) is 4.15. The van der Waals surface area contributed by atoms with E-state index >= 15 is 0 Å². The van der Waals surface area contributed by atoms with Crippen LogP contribution in [0.5, 0.6) is 0 Å². The molecular formula is C12H8Cl3NO. The minimum atomic E-state index is -0.0601. The molecule has 2 nitrogen and oxygen atoms in total. The lowest BCUT2D eigenvalue weighted by atomic mass is 10.1. The molecule has 0 spiro atoms. The highest BCUT2D eigenvalue weighted by Crippen LogP contribution is 2.33. The topological polar surface area (TPSA) is 33.1 Å². The van der Waals surface area contributed by atoms with Crippen molar-refractivity contribution in [1.29, 1.82) is 0 Å². The van der Waals surface area contributed by atoms with E-state index in [1.807, 2.05) is 0 Å². The van der Waals surface area contributed by atoms with Gasteiger partial charge in [-0.2, -0.15) is 0 Å². The summed E-state index contributed by atoms with van der Waals surface area (Å²) in [6, 6.07) is 6.81. The van der Waals surface area contributed by atoms with Crippen molar-refractivity contribution in [3.8, 4) is 11.3 Å². The average Bonchev–Trinajstić information content (AvgIpc) is 2.30. The van der Waals surface area contributed by atoms with Crippen LogP contribution in [0.2, 0.25) is 15.1 Å². The standard InChI is InChI=1S/C12H8Cl3NO/c13-8-4-11(15)12(16-5-8)9-3-7(6-17)1-2-10(9)14/h1-5,17H,6H2. The Balaban J connectivity index is 2.59. The first-order valence-corrected chi connectivity index (χ1v) is 5.96. The number of hydrogen-bond acceptors (Lipinski definition) is 2. The molecule has 0 aliphatic rings. The summed E-state index contributed by atoms with van der Waals surface area (Å²) in [6.07, 6.45) is 1.50. The van der Waals surface area contributed by atoms with E-state index in [2.05, 4.69) is 4.98 Å². The Morgan fingerprint density at radius 3 is 2.47 bits per heavy atom. The van der Waals surface area contributed by atoms with Gasteiger partial charge in [-0.15, -0.1) is 0 Å². The van der Waals surface area contributed by atoms with E-state index in [1.165, 1.54) is 6.20 Å². The lowest BCUT2D eigenvalue weighted by Crippen LogP contribution is -1.89. The van der Waals surface area contributed by atoms with E-state index in [9.17, 15) is 0 Å². The van der Waals surface area contributed by atoms with Crippen LogP contribution < -0.4 is 0 Å². The Bertz CT molecular complexity index is 557. The smallest absolute Gasteiger partial charge is 0.0904 e. The maximum Gasteiger partial charge on any atom is 0.0904 e. The third kappa shape index (κ3) is 2.72. The zero-order valence-electron chi connectivity index (χ0n) is 8.62. The van der Waals surface area contributed by atoms with Crippen molar-refractivity contribution in [2.75, 3.05) is 0 Å². The number of aromatic nitrogens is 1. The normalized spacial score (nSPS) is 10.6. The fourth-order valence-electron chi connectivity index (χ4n) is 1.47. The van der Waals surface area contributed by atoms with Gasteiger partial charge in [-0.05, 0) is 23.8 Å². The highest BCUT2D eigenvalue weighted by atomic mass is 35.5. The Kier molecular flexibility index (Phi) is 3.89. The fourth-order valence-corrected chi connectivity index (χ4v) is 2.15. The van der Waals surface area contributed by atoms with Crippen LogP contribution >= 0.6 is 34.8 Å². The highest BCUT2D eigenvalue weighted by Gasteiger charge is 2.10. The van der Waals surface area contributed by atoms with Gasteiger partial charge in [0.2, 0.25) is 0 Å². The minimum Gasteiger partial charge on any atom is -0.392 e. The van der Waals surface area contributed by atoms with Crippen LogP contribution in [-0.2, 0) is 6.61 Å². The summed E-state index contributed by atoms with van der Waals surface area (Å²) in [5, 5.41) is 10.5. The van der Waals surface area contributed by atoms with Gasteiger partial charge in [0, 0.05) is 11.8 Å². The quantitative estimate of drug-likeness (QED) is 0.898. The molecule has 0 radical (unpaired) electrons. The molecule has 0 saturated heterocycles. The molecule has 0 bridgehead atoms. The SMILES string of the molecule is OCc1ccc(Cl)c(-c2ncc(Cl)cc2Cl)c1. The van der Waals surface area contributed by atoms with Gasteiger partial charge >= 0.3 is 0 Å². The van der Waals surface area contributed by atoms with Gasteiger partial charge in [-0.25, -0.2) is 0 Å². The van der Waals surface area contributed by atoms with Crippen LogP contribution in [-0.4, -0.2) is 10.1 Å². The number of nitrogens with zero attached hydrogens (tertiary/aromatic N) is 1. The first kappa shape index (κ1) is 12.7. The summed E-state index contributed by atoms with van der Waals surface area (Å²) in [7, 11) is 0. The molecule has 1 N–H and O–H groups in total. The third-order valence-corrected chi connectivity index (χ3v) is 3.10. The molecule has 0 amide bonds. The number of aliphatic hydroxyl groups excluding tert-OH is 1. The Morgan fingerprint density at radius 2 is 1.82 bits per heavy atom. The number of benzene rings is 1. The lowest BCUT2D eigenvalue weighted by molar-refractivity contribution is 0.282. The van der Waals surface area contributed by atoms with Crippen molar-refractivity contribution in [3.05, 3.63) is 51.1 Å². The molecule has 0 aliphatic heterocycles. The maximum absolute atomic E-state index is 9.10. The van der Waals surface area contributed by atoms with Gasteiger partial charge in [0.1, 0.15) is 0 Å². The van der Waals surface area contributed by atoms with Crippen molar-refractivity contribution in [2.45, 2.75) is 6.61 Å². The van der Waals surface area contributed by atoms with E-state index < -0.39 is 0 Å². The number of aliphatic hydroxyl groups is 1. The predicted octanol–water partition coefficient (Wildman–Crippen LogP) is 4.20. The third-order valence-electron chi connectivity index (χ3n) is 2.28. The Morgan fingerprint density at radius 1 is 1.06 bits per heavy atom. The predicted molar refractivity (Wildman–Crippen MR) is 70.6 cm³/mol. The van der Waals surface area contributed by atoms with Gasteiger partial charge in [0.25, 0.3) is 0 Å². The van der Waals surface area contributed by atoms with Crippen LogP contribution in [0, 0.1) is 0 Å². The maximum atomic E-state index is 9.10. The lowest BCUT2D eigenvalue weighted by Gasteiger charge is -2.07. The van der Waals surface area contributed by atoms with Gasteiger partial charge in [0.05, 0.1) is 27.4 Å². The average molecular weight is 289 g/mol. The summed E-state index contributed by atoms with van der Waals surface area (Å²) < 4.78 is 0. The molecule has 0 unspecified atom stereocenters. The Hall–Kier alpha value is -0.800. The minimum absolute atomic E-state index is 0.0601. The number of halogens is 3. The molecule has 5 heteroatoms. The molecule has 1 heterocycles. The molecule has 0 fully saturated rings.